The normalized spacial score (nSPS) is 19.9. The molecule has 0 saturated heterocycles. The first-order valence-electron chi connectivity index (χ1n) is 14.0. The zero-order valence-corrected chi connectivity index (χ0v) is 28.8. The summed E-state index contributed by atoms with van der Waals surface area (Å²) < 4.78 is 44.4. The molecule has 3 aromatic carbocycles. The zero-order valence-electron chi connectivity index (χ0n) is 26.2. The van der Waals surface area contributed by atoms with Crippen molar-refractivity contribution in [3.8, 4) is 11.5 Å². The molecule has 1 aliphatic heterocycles. The van der Waals surface area contributed by atoms with E-state index < -0.39 is 21.4 Å². The molecule has 0 aromatic heterocycles. The van der Waals surface area contributed by atoms with E-state index in [4.69, 9.17) is 9.05 Å². The molecule has 1 aliphatic rings. The van der Waals surface area contributed by atoms with Crippen molar-refractivity contribution in [2.75, 3.05) is 0 Å². The van der Waals surface area contributed by atoms with E-state index in [1.165, 1.54) is 0 Å². The first kappa shape index (κ1) is 30.8. The number of benzene rings is 3. The molecule has 0 saturated carbocycles. The maximum atomic E-state index is 15.0. The Balaban J connectivity index is 2.22. The molecule has 216 valence electrons. The standard InChI is InChI=1S/C34H45O4PSe/c1-31(2,3)22-18-25(33(7,8)9)29-27(20-22)40(36)28-21-23(32(4,5)6)19-26(34(10,11)12)30(28)38-39(35,37-29)24-16-14-13-15-17-24/h13-21H,1-12H3. The number of hydrogen-bond acceptors (Lipinski definition) is 4. The predicted molar refractivity (Wildman–Crippen MR) is 168 cm³/mol. The Morgan fingerprint density at radius 1 is 0.575 bits per heavy atom. The molecule has 4 rings (SSSR count). The second kappa shape index (κ2) is 9.97. The van der Waals surface area contributed by atoms with Gasteiger partial charge in [0.2, 0.25) is 0 Å². The molecule has 0 aliphatic carbocycles. The Bertz CT molecular complexity index is 1420. The van der Waals surface area contributed by atoms with Crippen LogP contribution < -0.4 is 23.3 Å². The van der Waals surface area contributed by atoms with E-state index in [1.807, 2.05) is 30.3 Å². The van der Waals surface area contributed by atoms with E-state index in [-0.39, 0.29) is 21.7 Å². The van der Waals surface area contributed by atoms with E-state index in [0.717, 1.165) is 22.3 Å². The van der Waals surface area contributed by atoms with Gasteiger partial charge >= 0.3 is 246 Å². The zero-order chi connectivity index (χ0) is 30.1. The minimum atomic E-state index is -3.95. The van der Waals surface area contributed by atoms with Gasteiger partial charge in [0.05, 0.1) is 0 Å². The molecular weight excluding hydrogens is 582 g/mol. The van der Waals surface area contributed by atoms with Crippen molar-refractivity contribution in [1.29, 1.82) is 0 Å². The summed E-state index contributed by atoms with van der Waals surface area (Å²) in [4.78, 5) is 0. The van der Waals surface area contributed by atoms with E-state index in [1.54, 1.807) is 12.1 Å². The van der Waals surface area contributed by atoms with Crippen LogP contribution in [0.4, 0.5) is 0 Å². The van der Waals surface area contributed by atoms with E-state index in [2.05, 4.69) is 95.2 Å². The van der Waals surface area contributed by atoms with Crippen molar-refractivity contribution in [3.05, 3.63) is 76.9 Å². The van der Waals surface area contributed by atoms with Crippen LogP contribution in [0.15, 0.2) is 54.6 Å². The van der Waals surface area contributed by atoms with Gasteiger partial charge in [-0.3, -0.25) is 0 Å². The molecule has 0 radical (unpaired) electrons. The van der Waals surface area contributed by atoms with Crippen molar-refractivity contribution in [1.82, 2.24) is 0 Å². The summed E-state index contributed by atoms with van der Waals surface area (Å²) in [5.74, 6) is 0.855. The molecule has 0 atom stereocenters. The summed E-state index contributed by atoms with van der Waals surface area (Å²) in [6.45, 7) is 25.6. The molecule has 3 aromatic rings. The Hall–Kier alpha value is -2.19. The Kier molecular flexibility index (Phi) is 7.67. The van der Waals surface area contributed by atoms with Crippen LogP contribution in [0.3, 0.4) is 0 Å². The monoisotopic (exact) mass is 628 g/mol. The summed E-state index contributed by atoms with van der Waals surface area (Å²) >= 11 is -2.95. The molecule has 0 amide bonds. The summed E-state index contributed by atoms with van der Waals surface area (Å²) in [5.41, 5.74) is 2.83. The van der Waals surface area contributed by atoms with Gasteiger partial charge in [0.25, 0.3) is 0 Å². The van der Waals surface area contributed by atoms with Crippen molar-refractivity contribution in [3.63, 3.8) is 0 Å². The van der Waals surface area contributed by atoms with Crippen LogP contribution in [0.2, 0.25) is 0 Å². The van der Waals surface area contributed by atoms with Gasteiger partial charge in [-0.25, -0.2) is 0 Å². The Labute approximate surface area is 245 Å². The molecule has 0 bridgehead atoms. The molecule has 40 heavy (non-hydrogen) atoms. The molecule has 0 unspecified atom stereocenters. The average molecular weight is 628 g/mol. The van der Waals surface area contributed by atoms with Crippen LogP contribution in [-0.2, 0) is 30.1 Å². The van der Waals surface area contributed by atoms with Crippen LogP contribution in [0.1, 0.15) is 105 Å². The summed E-state index contributed by atoms with van der Waals surface area (Å²) in [5, 5.41) is 0.468. The molecular formula is C34H45O4PSe. The molecule has 1 heterocycles. The van der Waals surface area contributed by atoms with Gasteiger partial charge in [0.15, 0.2) is 0 Å². The van der Waals surface area contributed by atoms with E-state index >= 15 is 4.57 Å². The third-order valence-corrected chi connectivity index (χ3v) is 12.1. The second-order valence-electron chi connectivity index (χ2n) is 15.0. The van der Waals surface area contributed by atoms with Crippen molar-refractivity contribution in [2.24, 2.45) is 0 Å². The fourth-order valence-electron chi connectivity index (χ4n) is 4.74. The number of rotatable bonds is 1. The fourth-order valence-corrected chi connectivity index (χ4v) is 9.50. The number of fused-ring (bicyclic) bond motifs is 2. The average Bonchev–Trinajstić information content (AvgIpc) is 2.80. The van der Waals surface area contributed by atoms with Crippen LogP contribution in [-0.4, -0.2) is 13.8 Å². The molecule has 0 N–H and O–H groups in total. The van der Waals surface area contributed by atoms with Gasteiger partial charge in [-0.1, -0.05) is 0 Å². The minimum absolute atomic E-state index is 0.185. The van der Waals surface area contributed by atoms with E-state index in [0.29, 0.717) is 25.7 Å². The number of hydrogen-bond donors (Lipinski definition) is 0. The van der Waals surface area contributed by atoms with Gasteiger partial charge in [-0.2, -0.15) is 0 Å². The maximum absolute atomic E-state index is 15.0. The first-order chi connectivity index (χ1) is 18.1. The second-order valence-corrected chi connectivity index (χ2v) is 19.8. The summed E-state index contributed by atoms with van der Waals surface area (Å²) in [6.07, 6.45) is 0. The fraction of sp³-hybridized carbons (Fsp3) is 0.471. The summed E-state index contributed by atoms with van der Waals surface area (Å²) in [6, 6.07) is 17.4. The molecule has 6 heteroatoms. The third kappa shape index (κ3) is 5.89. The Morgan fingerprint density at radius 3 is 1.27 bits per heavy atom. The first-order valence-corrected chi connectivity index (χ1v) is 17.9. The van der Waals surface area contributed by atoms with Crippen LogP contribution in [0.25, 0.3) is 0 Å². The topological polar surface area (TPSA) is 52.6 Å². The van der Waals surface area contributed by atoms with Crippen molar-refractivity contribution >= 4 is 35.7 Å². The van der Waals surface area contributed by atoms with Gasteiger partial charge in [0, 0.05) is 0 Å². The SMILES string of the molecule is CC(C)(C)c1cc2c(c(C(C)(C)C)c1)OP(=O)(c1ccccc1)Oc1c(cc(C(C)(C)C)cc1C(C)(C)C)[Se]2=O. The van der Waals surface area contributed by atoms with Crippen LogP contribution in [0.5, 0.6) is 11.5 Å². The molecule has 0 spiro atoms. The van der Waals surface area contributed by atoms with Gasteiger partial charge < -0.3 is 0 Å². The third-order valence-electron chi connectivity index (χ3n) is 7.35. The Morgan fingerprint density at radius 2 is 0.950 bits per heavy atom. The van der Waals surface area contributed by atoms with Crippen molar-refractivity contribution < 1.29 is 17.4 Å². The predicted octanol–water partition coefficient (Wildman–Crippen LogP) is 7.70. The summed E-state index contributed by atoms with van der Waals surface area (Å²) in [7, 11) is -3.95. The van der Waals surface area contributed by atoms with Gasteiger partial charge in [-0.15, -0.1) is 0 Å². The van der Waals surface area contributed by atoms with Crippen LogP contribution in [0, 0.1) is 0 Å². The van der Waals surface area contributed by atoms with Gasteiger partial charge in [0.1, 0.15) is 0 Å². The van der Waals surface area contributed by atoms with Crippen LogP contribution >= 0.6 is 7.60 Å². The molecule has 0 fully saturated rings. The quantitative estimate of drug-likeness (QED) is 0.205. The van der Waals surface area contributed by atoms with Gasteiger partial charge in [-0.05, 0) is 0 Å². The van der Waals surface area contributed by atoms with Crippen molar-refractivity contribution in [2.45, 2.75) is 105 Å². The van der Waals surface area contributed by atoms with E-state index in [9.17, 15) is 3.83 Å². The molecule has 4 nitrogen and oxygen atoms in total.